The SMILES string of the molecule is CNC1CCC(C)(C)CC1CN(C)Cc1csc(C)n1. The van der Waals surface area contributed by atoms with E-state index in [1.165, 1.54) is 30.0 Å². The quantitative estimate of drug-likeness (QED) is 0.903. The third-order valence-electron chi connectivity index (χ3n) is 4.53. The number of nitrogens with one attached hydrogen (secondary N) is 1. The van der Waals surface area contributed by atoms with Gasteiger partial charge >= 0.3 is 0 Å². The van der Waals surface area contributed by atoms with Crippen LogP contribution in [0.15, 0.2) is 5.38 Å². The van der Waals surface area contributed by atoms with Crippen LogP contribution in [0.1, 0.15) is 43.8 Å². The van der Waals surface area contributed by atoms with Gasteiger partial charge in [0.1, 0.15) is 0 Å². The van der Waals surface area contributed by atoms with Gasteiger partial charge in [-0.05, 0) is 51.6 Å². The Balaban J connectivity index is 1.92. The standard InChI is InChI=1S/C16H29N3S/c1-12-18-14(11-20-12)10-19(5)9-13-8-16(2,3)7-6-15(13)17-4/h11,13,15,17H,6-10H2,1-5H3. The molecule has 1 fully saturated rings. The molecule has 0 amide bonds. The summed E-state index contributed by atoms with van der Waals surface area (Å²) in [7, 11) is 4.34. The predicted octanol–water partition coefficient (Wildman–Crippen LogP) is 3.30. The number of hydrogen-bond acceptors (Lipinski definition) is 4. The van der Waals surface area contributed by atoms with Crippen molar-refractivity contribution in [2.75, 3.05) is 20.6 Å². The Labute approximate surface area is 127 Å². The van der Waals surface area contributed by atoms with Crippen molar-refractivity contribution >= 4 is 11.3 Å². The highest BCUT2D eigenvalue weighted by Gasteiger charge is 2.34. The number of rotatable bonds is 5. The van der Waals surface area contributed by atoms with Crippen LogP contribution in [0.3, 0.4) is 0 Å². The normalized spacial score (nSPS) is 26.1. The van der Waals surface area contributed by atoms with Crippen molar-refractivity contribution < 1.29 is 0 Å². The van der Waals surface area contributed by atoms with E-state index in [2.05, 4.69) is 55.4 Å². The van der Waals surface area contributed by atoms with Gasteiger partial charge in [-0.1, -0.05) is 13.8 Å². The summed E-state index contributed by atoms with van der Waals surface area (Å²) in [5.41, 5.74) is 1.71. The first-order chi connectivity index (χ1) is 9.39. The first-order valence-electron chi connectivity index (χ1n) is 7.66. The molecule has 2 rings (SSSR count). The largest absolute Gasteiger partial charge is 0.317 e. The van der Waals surface area contributed by atoms with Gasteiger partial charge in [0.25, 0.3) is 0 Å². The average molecular weight is 295 g/mol. The Bertz CT molecular complexity index is 427. The molecule has 0 spiro atoms. The molecule has 1 saturated carbocycles. The van der Waals surface area contributed by atoms with E-state index in [9.17, 15) is 0 Å². The van der Waals surface area contributed by atoms with Crippen LogP contribution in [-0.2, 0) is 6.54 Å². The van der Waals surface area contributed by atoms with E-state index >= 15 is 0 Å². The van der Waals surface area contributed by atoms with Crippen molar-refractivity contribution in [2.45, 2.75) is 52.6 Å². The van der Waals surface area contributed by atoms with Gasteiger partial charge in [-0.15, -0.1) is 11.3 Å². The van der Waals surface area contributed by atoms with Crippen molar-refractivity contribution in [2.24, 2.45) is 11.3 Å². The molecular weight excluding hydrogens is 266 g/mol. The van der Waals surface area contributed by atoms with E-state index in [1.807, 2.05) is 0 Å². The van der Waals surface area contributed by atoms with Gasteiger partial charge < -0.3 is 10.2 Å². The first kappa shape index (κ1) is 15.9. The van der Waals surface area contributed by atoms with Crippen LogP contribution in [0.5, 0.6) is 0 Å². The molecule has 1 aromatic rings. The summed E-state index contributed by atoms with van der Waals surface area (Å²) in [6.07, 6.45) is 3.96. The van der Waals surface area contributed by atoms with Crippen LogP contribution in [0.25, 0.3) is 0 Å². The molecule has 0 aromatic carbocycles. The predicted molar refractivity (Wildman–Crippen MR) is 87.2 cm³/mol. The summed E-state index contributed by atoms with van der Waals surface area (Å²) >= 11 is 1.75. The highest BCUT2D eigenvalue weighted by atomic mass is 32.1. The molecule has 1 N–H and O–H groups in total. The van der Waals surface area contributed by atoms with Crippen LogP contribution < -0.4 is 5.32 Å². The minimum absolute atomic E-state index is 0.496. The Morgan fingerprint density at radius 2 is 2.25 bits per heavy atom. The second kappa shape index (κ2) is 6.54. The molecule has 1 aromatic heterocycles. The monoisotopic (exact) mass is 295 g/mol. The Morgan fingerprint density at radius 1 is 1.50 bits per heavy atom. The molecule has 114 valence electrons. The van der Waals surface area contributed by atoms with E-state index in [1.54, 1.807) is 11.3 Å². The van der Waals surface area contributed by atoms with Gasteiger partial charge in [-0.25, -0.2) is 4.98 Å². The average Bonchev–Trinajstić information content (AvgIpc) is 2.73. The van der Waals surface area contributed by atoms with Crippen LogP contribution in [0.4, 0.5) is 0 Å². The Morgan fingerprint density at radius 3 is 2.85 bits per heavy atom. The van der Waals surface area contributed by atoms with Gasteiger partial charge in [0, 0.05) is 24.5 Å². The molecular formula is C16H29N3S. The molecule has 1 heterocycles. The third-order valence-corrected chi connectivity index (χ3v) is 5.35. The minimum Gasteiger partial charge on any atom is -0.317 e. The lowest BCUT2D eigenvalue weighted by Crippen LogP contribution is -2.45. The van der Waals surface area contributed by atoms with Crippen molar-refractivity contribution in [1.82, 2.24) is 15.2 Å². The number of aryl methyl sites for hydroxylation is 1. The molecule has 0 saturated heterocycles. The summed E-state index contributed by atoms with van der Waals surface area (Å²) in [6.45, 7) is 9.03. The van der Waals surface area contributed by atoms with E-state index in [0.29, 0.717) is 11.5 Å². The van der Waals surface area contributed by atoms with Crippen molar-refractivity contribution in [3.8, 4) is 0 Å². The maximum atomic E-state index is 4.57. The summed E-state index contributed by atoms with van der Waals surface area (Å²) in [6, 6.07) is 0.669. The molecule has 20 heavy (non-hydrogen) atoms. The van der Waals surface area contributed by atoms with Gasteiger partial charge in [0.15, 0.2) is 0 Å². The van der Waals surface area contributed by atoms with Crippen molar-refractivity contribution in [3.05, 3.63) is 16.1 Å². The number of aromatic nitrogens is 1. The van der Waals surface area contributed by atoms with Crippen molar-refractivity contribution in [1.29, 1.82) is 0 Å². The number of hydrogen-bond donors (Lipinski definition) is 1. The first-order valence-corrected chi connectivity index (χ1v) is 8.54. The smallest absolute Gasteiger partial charge is 0.0897 e. The van der Waals surface area contributed by atoms with Gasteiger partial charge in [0.2, 0.25) is 0 Å². The van der Waals surface area contributed by atoms with Crippen LogP contribution in [0.2, 0.25) is 0 Å². The number of nitrogens with zero attached hydrogens (tertiary/aromatic N) is 2. The molecule has 3 nitrogen and oxygen atoms in total. The van der Waals surface area contributed by atoms with E-state index in [-0.39, 0.29) is 0 Å². The zero-order chi connectivity index (χ0) is 14.8. The minimum atomic E-state index is 0.496. The fraction of sp³-hybridized carbons (Fsp3) is 0.812. The molecule has 2 atom stereocenters. The summed E-state index contributed by atoms with van der Waals surface area (Å²) in [5.74, 6) is 0.744. The zero-order valence-corrected chi connectivity index (χ0v) is 14.4. The fourth-order valence-electron chi connectivity index (χ4n) is 3.53. The van der Waals surface area contributed by atoms with Gasteiger partial charge in [-0.2, -0.15) is 0 Å². The summed E-state index contributed by atoms with van der Waals surface area (Å²) in [5, 5.41) is 6.88. The lowest BCUT2D eigenvalue weighted by atomic mass is 9.70. The topological polar surface area (TPSA) is 28.2 Å². The maximum absolute atomic E-state index is 4.57. The third kappa shape index (κ3) is 4.27. The summed E-state index contributed by atoms with van der Waals surface area (Å²) < 4.78 is 0. The molecule has 0 bridgehead atoms. The van der Waals surface area contributed by atoms with Crippen molar-refractivity contribution in [3.63, 3.8) is 0 Å². The van der Waals surface area contributed by atoms with Crippen LogP contribution in [0, 0.1) is 18.3 Å². The molecule has 1 aliphatic carbocycles. The second-order valence-electron chi connectivity index (χ2n) is 7.12. The lowest BCUT2D eigenvalue weighted by molar-refractivity contribution is 0.110. The molecule has 0 radical (unpaired) electrons. The van der Waals surface area contributed by atoms with Crippen LogP contribution >= 0.6 is 11.3 Å². The number of thiazole rings is 1. The zero-order valence-electron chi connectivity index (χ0n) is 13.6. The van der Waals surface area contributed by atoms with Gasteiger partial charge in [0.05, 0.1) is 10.7 Å². The maximum Gasteiger partial charge on any atom is 0.0897 e. The van der Waals surface area contributed by atoms with E-state index < -0.39 is 0 Å². The molecule has 2 unspecified atom stereocenters. The van der Waals surface area contributed by atoms with E-state index in [0.717, 1.165) is 19.0 Å². The lowest BCUT2D eigenvalue weighted by Gasteiger charge is -2.42. The van der Waals surface area contributed by atoms with Gasteiger partial charge in [-0.3, -0.25) is 0 Å². The highest BCUT2D eigenvalue weighted by Crippen LogP contribution is 2.39. The molecule has 4 heteroatoms. The Kier molecular flexibility index (Phi) is 5.21. The summed E-state index contributed by atoms with van der Waals surface area (Å²) in [4.78, 5) is 7.01. The van der Waals surface area contributed by atoms with E-state index in [4.69, 9.17) is 0 Å². The highest BCUT2D eigenvalue weighted by molar-refractivity contribution is 7.09. The van der Waals surface area contributed by atoms with Crippen LogP contribution in [-0.4, -0.2) is 36.6 Å². The molecule has 0 aliphatic heterocycles. The fourth-order valence-corrected chi connectivity index (χ4v) is 4.13. The second-order valence-corrected chi connectivity index (χ2v) is 8.18. The molecule has 1 aliphatic rings. The Hall–Kier alpha value is -0.450.